The molecule has 0 atom stereocenters. The third-order valence-corrected chi connectivity index (χ3v) is 5.40. The van der Waals surface area contributed by atoms with Crippen LogP contribution in [0.1, 0.15) is 35.9 Å². The van der Waals surface area contributed by atoms with Crippen molar-refractivity contribution in [1.82, 2.24) is 5.16 Å². The molecule has 4 aromatic rings. The highest BCUT2D eigenvalue weighted by Crippen LogP contribution is 2.36. The Morgan fingerprint density at radius 2 is 1.38 bits per heavy atom. The van der Waals surface area contributed by atoms with E-state index in [0.29, 0.717) is 5.76 Å². The van der Waals surface area contributed by atoms with Crippen molar-refractivity contribution >= 4 is 0 Å². The molecule has 0 bridgehead atoms. The van der Waals surface area contributed by atoms with Crippen molar-refractivity contribution < 1.29 is 19.3 Å². The van der Waals surface area contributed by atoms with Crippen LogP contribution in [0, 0.1) is 0 Å². The molecule has 0 saturated heterocycles. The van der Waals surface area contributed by atoms with Crippen molar-refractivity contribution in [2.24, 2.45) is 0 Å². The third-order valence-electron chi connectivity index (χ3n) is 5.40. The van der Waals surface area contributed by atoms with Crippen molar-refractivity contribution in [2.75, 3.05) is 27.2 Å². The number of aromatic nitrogens is 1. The molecular formula is C29H35N2O3+. The van der Waals surface area contributed by atoms with Crippen LogP contribution in [0.3, 0.4) is 0 Å². The van der Waals surface area contributed by atoms with Crippen LogP contribution < -0.4 is 9.64 Å². The monoisotopic (exact) mass is 459 g/mol. The minimum atomic E-state index is -1.35. The summed E-state index contributed by atoms with van der Waals surface area (Å²) in [5.74, 6) is 1.41. The summed E-state index contributed by atoms with van der Waals surface area (Å²) in [6, 6.07) is 30.9. The molecule has 0 saturated carbocycles. The first-order valence-electron chi connectivity index (χ1n) is 11.8. The number of nitrogens with zero attached hydrogens (tertiary/aromatic N) is 1. The molecule has 0 aliphatic heterocycles. The van der Waals surface area contributed by atoms with Gasteiger partial charge in [-0.3, -0.25) is 0 Å². The second-order valence-electron chi connectivity index (χ2n) is 8.49. The number of hydrogen-bond acceptors (Lipinski definition) is 4. The topological polar surface area (TPSA) is 59.9 Å². The maximum Gasteiger partial charge on any atom is 0.177 e. The molecule has 0 spiro atoms. The lowest BCUT2D eigenvalue weighted by atomic mass is 9.84. The Labute approximate surface area is 202 Å². The van der Waals surface area contributed by atoms with Crippen LogP contribution in [0.4, 0.5) is 0 Å². The van der Waals surface area contributed by atoms with E-state index in [1.807, 2.05) is 97.1 Å². The summed E-state index contributed by atoms with van der Waals surface area (Å²) in [5.41, 5.74) is 1.03. The zero-order valence-electron chi connectivity index (χ0n) is 20.3. The molecule has 0 aliphatic rings. The number of rotatable bonds is 9. The molecule has 34 heavy (non-hydrogen) atoms. The van der Waals surface area contributed by atoms with Gasteiger partial charge < -0.3 is 19.3 Å². The van der Waals surface area contributed by atoms with Crippen molar-refractivity contribution in [2.45, 2.75) is 25.4 Å². The van der Waals surface area contributed by atoms with Crippen LogP contribution in [0.5, 0.6) is 5.75 Å². The summed E-state index contributed by atoms with van der Waals surface area (Å²) in [6.45, 7) is 3.87. The Balaban J connectivity index is 0.000000271. The fraction of sp³-hybridized carbons (Fsp3) is 0.276. The fourth-order valence-electron chi connectivity index (χ4n) is 3.52. The number of hydrogen-bond donors (Lipinski definition) is 2. The van der Waals surface area contributed by atoms with Gasteiger partial charge in [0.25, 0.3) is 0 Å². The van der Waals surface area contributed by atoms with Gasteiger partial charge in [-0.2, -0.15) is 0 Å². The van der Waals surface area contributed by atoms with E-state index in [1.54, 1.807) is 0 Å². The highest BCUT2D eigenvalue weighted by atomic mass is 16.5. The molecule has 0 amide bonds. The molecule has 178 valence electrons. The van der Waals surface area contributed by atoms with Crippen LogP contribution in [-0.2, 0) is 12.0 Å². The van der Waals surface area contributed by atoms with Gasteiger partial charge in [-0.15, -0.1) is 0 Å². The second-order valence-corrected chi connectivity index (χ2v) is 8.49. The summed E-state index contributed by atoms with van der Waals surface area (Å²) in [6.07, 6.45) is 1.88. The molecule has 2 N–H and O–H groups in total. The van der Waals surface area contributed by atoms with E-state index in [-0.39, 0.29) is 0 Å². The zero-order chi connectivity index (χ0) is 24.2. The maximum absolute atomic E-state index is 11.6. The molecule has 1 aromatic heterocycles. The lowest BCUT2D eigenvalue weighted by molar-refractivity contribution is -0.858. The Hall–Kier alpha value is -3.41. The predicted molar refractivity (Wildman–Crippen MR) is 135 cm³/mol. The molecule has 0 unspecified atom stereocenters. The first kappa shape index (κ1) is 25.2. The smallest absolute Gasteiger partial charge is 0.177 e. The van der Waals surface area contributed by atoms with Crippen molar-refractivity contribution in [3.63, 3.8) is 0 Å². The van der Waals surface area contributed by atoms with Crippen LogP contribution in [0.2, 0.25) is 0 Å². The molecule has 1 heterocycles. The highest BCUT2D eigenvalue weighted by molar-refractivity contribution is 5.43. The largest absolute Gasteiger partial charge is 0.494 e. The predicted octanol–water partition coefficient (Wildman–Crippen LogP) is 4.12. The quantitative estimate of drug-likeness (QED) is 0.395. The number of benzene rings is 3. The second kappa shape index (κ2) is 12.7. The molecule has 3 aromatic carbocycles. The van der Waals surface area contributed by atoms with Gasteiger partial charge in [0.15, 0.2) is 11.4 Å². The van der Waals surface area contributed by atoms with Gasteiger partial charge in [0.1, 0.15) is 5.75 Å². The van der Waals surface area contributed by atoms with Gasteiger partial charge in [-0.05, 0) is 29.7 Å². The molecule has 4 rings (SSSR count). The van der Waals surface area contributed by atoms with Gasteiger partial charge in [-0.25, -0.2) is 0 Å². The van der Waals surface area contributed by atoms with Crippen LogP contribution in [0.25, 0.3) is 0 Å². The lowest BCUT2D eigenvalue weighted by Gasteiger charge is -2.26. The number of quaternary nitrogens is 1. The van der Waals surface area contributed by atoms with Gasteiger partial charge >= 0.3 is 0 Å². The van der Waals surface area contributed by atoms with E-state index in [0.717, 1.165) is 48.6 Å². The Bertz CT molecular complexity index is 1040. The van der Waals surface area contributed by atoms with Crippen molar-refractivity contribution in [3.8, 4) is 5.75 Å². The van der Waals surface area contributed by atoms with Gasteiger partial charge in [0.05, 0.1) is 32.9 Å². The zero-order valence-corrected chi connectivity index (χ0v) is 20.3. The third kappa shape index (κ3) is 6.80. The van der Waals surface area contributed by atoms with E-state index in [2.05, 4.69) is 26.2 Å². The van der Waals surface area contributed by atoms with Gasteiger partial charge in [0.2, 0.25) is 0 Å². The van der Waals surface area contributed by atoms with Crippen LogP contribution in [-0.4, -0.2) is 37.5 Å². The number of para-hydroxylation sites is 1. The van der Waals surface area contributed by atoms with Crippen molar-refractivity contribution in [1.29, 1.82) is 0 Å². The van der Waals surface area contributed by atoms with E-state index in [1.165, 1.54) is 4.90 Å². The first-order valence-corrected chi connectivity index (χ1v) is 11.8. The summed E-state index contributed by atoms with van der Waals surface area (Å²) in [4.78, 5) is 1.35. The fourth-order valence-corrected chi connectivity index (χ4v) is 3.52. The molecular weight excluding hydrogens is 424 g/mol. The molecule has 5 nitrogen and oxygen atoms in total. The normalized spacial score (nSPS) is 11.1. The SMILES string of the molecule is CCCOc1ccccc1.C[NH+](C)CCc1cc(C(O)(c2ccccc2)c2ccccc2)on1. The van der Waals surface area contributed by atoms with E-state index in [9.17, 15) is 5.11 Å². The van der Waals surface area contributed by atoms with E-state index in [4.69, 9.17) is 9.26 Å². The van der Waals surface area contributed by atoms with Crippen molar-refractivity contribution in [3.05, 3.63) is 120 Å². The minimum absolute atomic E-state index is 0.448. The Kier molecular flexibility index (Phi) is 9.44. The van der Waals surface area contributed by atoms with Crippen LogP contribution >= 0.6 is 0 Å². The summed E-state index contributed by atoms with van der Waals surface area (Å²) < 4.78 is 10.9. The summed E-state index contributed by atoms with van der Waals surface area (Å²) in [7, 11) is 4.20. The molecule has 0 radical (unpaired) electrons. The van der Waals surface area contributed by atoms with E-state index >= 15 is 0 Å². The minimum Gasteiger partial charge on any atom is -0.494 e. The number of likely N-dealkylation sites (N-methyl/N-ethyl adjacent to an activating group) is 1. The number of nitrogens with one attached hydrogen (secondary N) is 1. The maximum atomic E-state index is 11.6. The number of ether oxygens (including phenoxy) is 1. The molecule has 0 aliphatic carbocycles. The Morgan fingerprint density at radius 3 is 1.88 bits per heavy atom. The summed E-state index contributed by atoms with van der Waals surface area (Å²) in [5, 5.41) is 15.7. The van der Waals surface area contributed by atoms with Gasteiger partial charge in [-0.1, -0.05) is 90.9 Å². The van der Waals surface area contributed by atoms with Crippen LogP contribution in [0.15, 0.2) is 102 Å². The van der Waals surface area contributed by atoms with E-state index < -0.39 is 5.60 Å². The first-order chi connectivity index (χ1) is 16.5. The molecule has 0 fully saturated rings. The average Bonchev–Trinajstić information content (AvgIpc) is 3.37. The standard InChI is InChI=1S/C20H22N2O2.C9H12O/c1-22(2)14-13-18-15-19(24-21-18)20(23,16-9-5-3-6-10-16)17-11-7-4-8-12-17;1-2-8-10-9-6-4-3-5-7-9/h3-12,15,23H,13-14H2,1-2H3;3-7H,2,8H2,1H3/p+1. The number of aliphatic hydroxyl groups is 1. The summed E-state index contributed by atoms with van der Waals surface area (Å²) >= 11 is 0. The van der Waals surface area contributed by atoms with Gasteiger partial charge in [0, 0.05) is 12.5 Å². The average molecular weight is 460 g/mol. The highest BCUT2D eigenvalue weighted by Gasteiger charge is 2.37. The molecule has 5 heteroatoms. The lowest BCUT2D eigenvalue weighted by Crippen LogP contribution is -3.06. The Morgan fingerprint density at radius 1 is 0.853 bits per heavy atom.